The lowest BCUT2D eigenvalue weighted by atomic mass is 9.97. The van der Waals surface area contributed by atoms with Gasteiger partial charge in [-0.05, 0) is 30.2 Å². The molecule has 5 heteroatoms. The van der Waals surface area contributed by atoms with Crippen LogP contribution in [0.4, 0.5) is 0 Å². The maximum atomic E-state index is 12.4. The number of aromatic hydroxyl groups is 1. The molecule has 24 heavy (non-hydrogen) atoms. The van der Waals surface area contributed by atoms with Crippen LogP contribution in [0.2, 0.25) is 0 Å². The molecule has 1 aromatic carbocycles. The van der Waals surface area contributed by atoms with Gasteiger partial charge in [-0.25, -0.2) is 0 Å². The zero-order valence-corrected chi connectivity index (χ0v) is 13.4. The van der Waals surface area contributed by atoms with Crippen molar-refractivity contribution >= 4 is 23.3 Å². The molecule has 0 fully saturated rings. The van der Waals surface area contributed by atoms with E-state index in [9.17, 15) is 14.7 Å². The molecule has 5 nitrogen and oxygen atoms in total. The third-order valence-electron chi connectivity index (χ3n) is 4.75. The van der Waals surface area contributed by atoms with Crippen LogP contribution >= 0.6 is 0 Å². The van der Waals surface area contributed by atoms with E-state index in [1.165, 1.54) is 4.57 Å². The molecule has 2 aromatic heterocycles. The zero-order chi connectivity index (χ0) is 17.0. The molecule has 0 spiro atoms. The topological polar surface area (TPSA) is 64.2 Å². The lowest BCUT2D eigenvalue weighted by Gasteiger charge is -2.17. The molecule has 2 heterocycles. The molecule has 4 rings (SSSR count). The first-order valence-corrected chi connectivity index (χ1v) is 7.69. The molecule has 1 aliphatic carbocycles. The highest BCUT2D eigenvalue weighted by atomic mass is 16.3. The summed E-state index contributed by atoms with van der Waals surface area (Å²) >= 11 is 0. The number of allylic oxidation sites excluding steroid dienone is 1. The molecule has 120 valence electrons. The van der Waals surface area contributed by atoms with Crippen LogP contribution in [0.25, 0.3) is 28.2 Å². The van der Waals surface area contributed by atoms with Crippen molar-refractivity contribution < 1.29 is 9.90 Å². The molecule has 0 bridgehead atoms. The van der Waals surface area contributed by atoms with E-state index in [0.29, 0.717) is 24.0 Å². The van der Waals surface area contributed by atoms with Crippen LogP contribution in [-0.2, 0) is 20.5 Å². The molecule has 0 saturated carbocycles. The summed E-state index contributed by atoms with van der Waals surface area (Å²) in [5, 5.41) is 11.5. The summed E-state index contributed by atoms with van der Waals surface area (Å²) in [4.78, 5) is 23.6. The first-order chi connectivity index (χ1) is 11.5. The number of rotatable bonds is 1. The van der Waals surface area contributed by atoms with Crippen molar-refractivity contribution in [1.82, 2.24) is 9.13 Å². The molecule has 0 atom stereocenters. The number of aldehydes is 1. The minimum Gasteiger partial charge on any atom is -0.507 e. The minimum absolute atomic E-state index is 0.186. The summed E-state index contributed by atoms with van der Waals surface area (Å²) in [5.74, 6) is -0.214. The third-order valence-corrected chi connectivity index (χ3v) is 4.75. The van der Waals surface area contributed by atoms with Gasteiger partial charge in [-0.1, -0.05) is 12.2 Å². The molecule has 0 saturated heterocycles. The third kappa shape index (κ3) is 1.81. The Morgan fingerprint density at radius 2 is 2.04 bits per heavy atom. The van der Waals surface area contributed by atoms with Gasteiger partial charge in [0.05, 0.1) is 5.69 Å². The Kier molecular flexibility index (Phi) is 3.00. The van der Waals surface area contributed by atoms with Gasteiger partial charge < -0.3 is 14.2 Å². The minimum atomic E-state index is -0.484. The smallest absolute Gasteiger partial charge is 0.265 e. The van der Waals surface area contributed by atoms with Gasteiger partial charge in [0.1, 0.15) is 11.3 Å². The van der Waals surface area contributed by atoms with E-state index in [1.54, 1.807) is 7.05 Å². The van der Waals surface area contributed by atoms with Crippen LogP contribution < -0.4 is 5.56 Å². The first-order valence-electron chi connectivity index (χ1n) is 7.69. The number of pyridine rings is 1. The van der Waals surface area contributed by atoms with E-state index in [-0.39, 0.29) is 11.3 Å². The van der Waals surface area contributed by atoms with Crippen molar-refractivity contribution in [2.24, 2.45) is 14.1 Å². The van der Waals surface area contributed by atoms with Gasteiger partial charge in [-0.2, -0.15) is 0 Å². The average molecular weight is 320 g/mol. The molecule has 1 aliphatic rings. The van der Waals surface area contributed by atoms with Gasteiger partial charge in [-0.15, -0.1) is 0 Å². The largest absolute Gasteiger partial charge is 0.507 e. The van der Waals surface area contributed by atoms with Crippen LogP contribution in [0.1, 0.15) is 21.5 Å². The number of fused-ring (bicyclic) bond motifs is 4. The second kappa shape index (κ2) is 4.96. The number of nitrogens with zero attached hydrogens (tertiary/aromatic N) is 2. The van der Waals surface area contributed by atoms with Crippen molar-refractivity contribution in [2.45, 2.75) is 6.42 Å². The SMILES string of the molecule is Cn1c2c(c(O)c(C=O)c1=O)CC=Cc1cc3c(ccn3C)cc1-2. The van der Waals surface area contributed by atoms with Gasteiger partial charge >= 0.3 is 0 Å². The summed E-state index contributed by atoms with van der Waals surface area (Å²) in [5.41, 5.74) is 3.55. The Morgan fingerprint density at radius 1 is 1.25 bits per heavy atom. The number of hydrogen-bond acceptors (Lipinski definition) is 3. The summed E-state index contributed by atoms with van der Waals surface area (Å²) in [6.07, 6.45) is 6.81. The van der Waals surface area contributed by atoms with Crippen LogP contribution in [0.15, 0.2) is 35.3 Å². The van der Waals surface area contributed by atoms with E-state index in [0.717, 1.165) is 22.0 Å². The standard InChI is InChI=1S/C19H16N2O3/c1-20-7-6-12-8-14-11(9-16(12)20)4-3-5-13-17(14)21(2)19(24)15(10-22)18(13)23/h3-4,6-10,23H,5H2,1-2H3. The highest BCUT2D eigenvalue weighted by Crippen LogP contribution is 2.37. The Morgan fingerprint density at radius 3 is 2.79 bits per heavy atom. The van der Waals surface area contributed by atoms with Crippen LogP contribution in [0.5, 0.6) is 5.75 Å². The fourth-order valence-electron chi connectivity index (χ4n) is 3.48. The van der Waals surface area contributed by atoms with E-state index >= 15 is 0 Å². The molecule has 0 aliphatic heterocycles. The van der Waals surface area contributed by atoms with Crippen molar-refractivity contribution in [3.8, 4) is 17.0 Å². The summed E-state index contributed by atoms with van der Waals surface area (Å²) in [6, 6.07) is 6.12. The summed E-state index contributed by atoms with van der Waals surface area (Å²) in [7, 11) is 3.62. The van der Waals surface area contributed by atoms with E-state index in [2.05, 4.69) is 6.07 Å². The number of aromatic nitrogens is 2. The van der Waals surface area contributed by atoms with Crippen LogP contribution in [-0.4, -0.2) is 20.5 Å². The Labute approximate surface area is 138 Å². The fourth-order valence-corrected chi connectivity index (χ4v) is 3.48. The Hall–Kier alpha value is -3.08. The maximum Gasteiger partial charge on any atom is 0.265 e. The first kappa shape index (κ1) is 14.5. The number of carbonyl (C=O) groups is 1. The highest BCUT2D eigenvalue weighted by Gasteiger charge is 2.23. The van der Waals surface area contributed by atoms with Crippen molar-refractivity contribution in [3.05, 3.63) is 57.5 Å². The second-order valence-corrected chi connectivity index (χ2v) is 6.10. The maximum absolute atomic E-state index is 12.4. The fraction of sp³-hybridized carbons (Fsp3) is 0.158. The Balaban J connectivity index is 2.17. The number of benzene rings is 1. The number of hydrogen-bond donors (Lipinski definition) is 1. The second-order valence-electron chi connectivity index (χ2n) is 6.10. The zero-order valence-electron chi connectivity index (χ0n) is 13.4. The lowest BCUT2D eigenvalue weighted by Crippen LogP contribution is -2.24. The monoisotopic (exact) mass is 320 g/mol. The number of carbonyl (C=O) groups excluding carboxylic acids is 1. The van der Waals surface area contributed by atoms with Gasteiger partial charge in [-0.3, -0.25) is 9.59 Å². The molecule has 0 amide bonds. The molecule has 0 radical (unpaired) electrons. The van der Waals surface area contributed by atoms with Crippen molar-refractivity contribution in [1.29, 1.82) is 0 Å². The molecule has 0 unspecified atom stereocenters. The predicted molar refractivity (Wildman–Crippen MR) is 93.4 cm³/mol. The normalized spacial score (nSPS) is 12.8. The Bertz CT molecular complexity index is 1100. The van der Waals surface area contributed by atoms with Gasteiger partial charge in [0, 0.05) is 42.3 Å². The van der Waals surface area contributed by atoms with Crippen molar-refractivity contribution in [3.63, 3.8) is 0 Å². The number of aryl methyl sites for hydroxylation is 1. The summed E-state index contributed by atoms with van der Waals surface area (Å²) in [6.45, 7) is 0. The average Bonchev–Trinajstić information content (AvgIpc) is 2.82. The van der Waals surface area contributed by atoms with Crippen LogP contribution in [0, 0.1) is 0 Å². The molecular weight excluding hydrogens is 304 g/mol. The van der Waals surface area contributed by atoms with Crippen molar-refractivity contribution in [2.75, 3.05) is 0 Å². The van der Waals surface area contributed by atoms with Gasteiger partial charge in [0.15, 0.2) is 6.29 Å². The lowest BCUT2D eigenvalue weighted by molar-refractivity contribution is 0.111. The van der Waals surface area contributed by atoms with E-state index in [4.69, 9.17) is 0 Å². The molecule has 3 aromatic rings. The molecule has 1 N–H and O–H groups in total. The van der Waals surface area contributed by atoms with E-state index < -0.39 is 5.56 Å². The predicted octanol–water partition coefficient (Wildman–Crippen LogP) is 2.63. The van der Waals surface area contributed by atoms with E-state index in [1.807, 2.05) is 42.1 Å². The highest BCUT2D eigenvalue weighted by molar-refractivity contribution is 5.93. The summed E-state index contributed by atoms with van der Waals surface area (Å²) < 4.78 is 3.50. The van der Waals surface area contributed by atoms with Crippen LogP contribution in [0.3, 0.4) is 0 Å². The van der Waals surface area contributed by atoms with Gasteiger partial charge in [0.2, 0.25) is 0 Å². The quantitative estimate of drug-likeness (QED) is 0.701. The molecular formula is C19H16N2O3. The van der Waals surface area contributed by atoms with Gasteiger partial charge in [0.25, 0.3) is 5.56 Å².